The fraction of sp³-hybridized carbons (Fsp3) is 1.00. The van der Waals surface area contributed by atoms with Gasteiger partial charge in [-0.2, -0.15) is 11.8 Å². The summed E-state index contributed by atoms with van der Waals surface area (Å²) in [6.45, 7) is 7.10. The molecule has 1 rings (SSSR count). The lowest BCUT2D eigenvalue weighted by molar-refractivity contribution is 0.133. The van der Waals surface area contributed by atoms with Crippen LogP contribution in [-0.4, -0.2) is 42.1 Å². The molecule has 0 saturated carbocycles. The summed E-state index contributed by atoms with van der Waals surface area (Å²) in [5.41, 5.74) is 5.95. The van der Waals surface area contributed by atoms with Gasteiger partial charge < -0.3 is 10.6 Å². The Labute approximate surface area is 92.6 Å². The summed E-state index contributed by atoms with van der Waals surface area (Å²) in [7, 11) is 0. The van der Waals surface area contributed by atoms with Crippen molar-refractivity contribution in [2.75, 3.05) is 25.1 Å². The molecule has 3 heteroatoms. The van der Waals surface area contributed by atoms with Crippen molar-refractivity contribution in [1.82, 2.24) is 4.90 Å². The van der Waals surface area contributed by atoms with Gasteiger partial charge in [-0.1, -0.05) is 6.92 Å². The smallest absolute Gasteiger partial charge is 0.00817 e. The number of likely N-dealkylation sites (tertiary alicyclic amines) is 1. The number of thioether (sulfide) groups is 1. The van der Waals surface area contributed by atoms with E-state index in [0.717, 1.165) is 5.92 Å². The van der Waals surface area contributed by atoms with E-state index in [2.05, 4.69) is 25.0 Å². The zero-order valence-electron chi connectivity index (χ0n) is 9.70. The third-order valence-corrected chi connectivity index (χ3v) is 3.95. The van der Waals surface area contributed by atoms with Crippen molar-refractivity contribution in [3.05, 3.63) is 0 Å². The van der Waals surface area contributed by atoms with Crippen molar-refractivity contribution >= 4 is 11.8 Å². The number of nitrogens with zero attached hydrogens (tertiary/aromatic N) is 1. The van der Waals surface area contributed by atoms with E-state index in [1.807, 2.05) is 11.8 Å². The van der Waals surface area contributed by atoms with Crippen LogP contribution in [0.25, 0.3) is 0 Å². The Hall–Kier alpha value is 0.270. The van der Waals surface area contributed by atoms with E-state index in [-0.39, 0.29) is 0 Å². The van der Waals surface area contributed by atoms with Crippen LogP contribution in [0.5, 0.6) is 0 Å². The topological polar surface area (TPSA) is 29.3 Å². The first-order valence-electron chi connectivity index (χ1n) is 5.62. The number of piperidine rings is 1. The highest BCUT2D eigenvalue weighted by molar-refractivity contribution is 7.98. The predicted octanol–water partition coefficient (Wildman–Crippen LogP) is 1.80. The molecule has 1 fully saturated rings. The Morgan fingerprint density at radius 1 is 1.57 bits per heavy atom. The third kappa shape index (κ3) is 3.79. The Kier molecular flexibility index (Phi) is 5.28. The van der Waals surface area contributed by atoms with Crippen molar-refractivity contribution in [2.45, 2.75) is 38.8 Å². The van der Waals surface area contributed by atoms with E-state index in [4.69, 9.17) is 5.73 Å². The number of hydrogen-bond acceptors (Lipinski definition) is 3. The fourth-order valence-electron chi connectivity index (χ4n) is 2.27. The molecular formula is C11H24N2S. The molecule has 0 aromatic carbocycles. The zero-order valence-corrected chi connectivity index (χ0v) is 10.5. The number of rotatable bonds is 4. The molecule has 0 aromatic rings. The van der Waals surface area contributed by atoms with Crippen LogP contribution in [0.1, 0.15) is 26.7 Å². The summed E-state index contributed by atoms with van der Waals surface area (Å²) in [6.07, 6.45) is 4.54. The molecule has 1 aliphatic rings. The summed E-state index contributed by atoms with van der Waals surface area (Å²) in [5.74, 6) is 2.08. The first kappa shape index (κ1) is 12.3. The van der Waals surface area contributed by atoms with Crippen molar-refractivity contribution in [2.24, 2.45) is 11.7 Å². The minimum atomic E-state index is 0.442. The van der Waals surface area contributed by atoms with Gasteiger partial charge >= 0.3 is 0 Å². The van der Waals surface area contributed by atoms with Crippen LogP contribution in [0.2, 0.25) is 0 Å². The van der Waals surface area contributed by atoms with Crippen LogP contribution >= 0.6 is 11.8 Å². The third-order valence-electron chi connectivity index (χ3n) is 3.05. The van der Waals surface area contributed by atoms with Crippen LogP contribution in [-0.2, 0) is 0 Å². The van der Waals surface area contributed by atoms with Gasteiger partial charge in [0.15, 0.2) is 0 Å². The monoisotopic (exact) mass is 216 g/mol. The van der Waals surface area contributed by atoms with Crippen LogP contribution < -0.4 is 5.73 Å². The Morgan fingerprint density at radius 2 is 2.29 bits per heavy atom. The highest BCUT2D eigenvalue weighted by atomic mass is 32.2. The first-order valence-corrected chi connectivity index (χ1v) is 7.01. The highest BCUT2D eigenvalue weighted by Crippen LogP contribution is 2.18. The second kappa shape index (κ2) is 5.99. The lowest BCUT2D eigenvalue weighted by Crippen LogP contribution is -2.47. The molecule has 1 heterocycles. The minimum absolute atomic E-state index is 0.442. The summed E-state index contributed by atoms with van der Waals surface area (Å²) >= 11 is 1.95. The lowest BCUT2D eigenvalue weighted by atomic mass is 9.98. The molecule has 14 heavy (non-hydrogen) atoms. The Bertz CT molecular complexity index is 163. The molecule has 0 radical (unpaired) electrons. The molecule has 0 amide bonds. The number of nitrogens with two attached hydrogens (primary N) is 1. The van der Waals surface area contributed by atoms with E-state index in [1.165, 1.54) is 31.7 Å². The normalized spacial score (nSPS) is 31.7. The van der Waals surface area contributed by atoms with Crippen LogP contribution in [0.3, 0.4) is 0 Å². The summed E-state index contributed by atoms with van der Waals surface area (Å²) in [5, 5.41) is 0. The lowest BCUT2D eigenvalue weighted by Gasteiger charge is -2.37. The summed E-state index contributed by atoms with van der Waals surface area (Å²) < 4.78 is 0. The van der Waals surface area contributed by atoms with Gasteiger partial charge in [0.1, 0.15) is 0 Å². The largest absolute Gasteiger partial charge is 0.328 e. The maximum absolute atomic E-state index is 5.95. The molecule has 2 nitrogen and oxygen atoms in total. The molecular weight excluding hydrogens is 192 g/mol. The molecule has 0 aromatic heterocycles. The average Bonchev–Trinajstić information content (AvgIpc) is 2.10. The van der Waals surface area contributed by atoms with Gasteiger partial charge in [-0.3, -0.25) is 0 Å². The molecule has 1 saturated heterocycles. The first-order chi connectivity index (χ1) is 6.63. The Balaban J connectivity index is 2.29. The Morgan fingerprint density at radius 3 is 2.86 bits per heavy atom. The fourth-order valence-corrected chi connectivity index (χ4v) is 2.94. The van der Waals surface area contributed by atoms with Gasteiger partial charge in [0.25, 0.3) is 0 Å². The second-order valence-electron chi connectivity index (χ2n) is 4.69. The zero-order chi connectivity index (χ0) is 10.6. The van der Waals surface area contributed by atoms with Crippen molar-refractivity contribution in [3.63, 3.8) is 0 Å². The highest BCUT2D eigenvalue weighted by Gasteiger charge is 2.23. The van der Waals surface area contributed by atoms with E-state index in [9.17, 15) is 0 Å². The summed E-state index contributed by atoms with van der Waals surface area (Å²) in [4.78, 5) is 2.60. The maximum Gasteiger partial charge on any atom is 0.00817 e. The molecule has 84 valence electrons. The van der Waals surface area contributed by atoms with Gasteiger partial charge in [0.05, 0.1) is 0 Å². The molecule has 3 unspecified atom stereocenters. The summed E-state index contributed by atoms with van der Waals surface area (Å²) in [6, 6.07) is 1.13. The van der Waals surface area contributed by atoms with Gasteiger partial charge in [-0.25, -0.2) is 0 Å². The van der Waals surface area contributed by atoms with Crippen LogP contribution in [0.4, 0.5) is 0 Å². The van der Waals surface area contributed by atoms with E-state index in [0.29, 0.717) is 12.1 Å². The van der Waals surface area contributed by atoms with Crippen molar-refractivity contribution in [1.29, 1.82) is 0 Å². The van der Waals surface area contributed by atoms with Crippen LogP contribution in [0.15, 0.2) is 0 Å². The van der Waals surface area contributed by atoms with E-state index in [1.54, 1.807) is 0 Å². The number of hydrogen-bond donors (Lipinski definition) is 1. The van der Waals surface area contributed by atoms with Crippen molar-refractivity contribution < 1.29 is 0 Å². The minimum Gasteiger partial charge on any atom is -0.328 e. The van der Waals surface area contributed by atoms with Crippen LogP contribution in [0, 0.1) is 5.92 Å². The van der Waals surface area contributed by atoms with Crippen molar-refractivity contribution in [3.8, 4) is 0 Å². The molecule has 0 aliphatic carbocycles. The average molecular weight is 216 g/mol. The van der Waals surface area contributed by atoms with E-state index < -0.39 is 0 Å². The molecule has 0 bridgehead atoms. The van der Waals surface area contributed by atoms with Gasteiger partial charge in [0.2, 0.25) is 0 Å². The second-order valence-corrected chi connectivity index (χ2v) is 5.60. The maximum atomic E-state index is 5.95. The SMILES string of the molecule is CSCC(C)CN1CCC(N)CC1C. The molecule has 2 N–H and O–H groups in total. The van der Waals surface area contributed by atoms with Gasteiger partial charge in [-0.15, -0.1) is 0 Å². The molecule has 1 aliphatic heterocycles. The molecule has 0 spiro atoms. The van der Waals surface area contributed by atoms with Gasteiger partial charge in [0, 0.05) is 18.6 Å². The standard InChI is InChI=1S/C11H24N2S/c1-9(8-14-3)7-13-5-4-11(12)6-10(13)2/h9-11H,4-8,12H2,1-3H3. The van der Waals surface area contributed by atoms with Gasteiger partial charge in [-0.05, 0) is 44.2 Å². The quantitative estimate of drug-likeness (QED) is 0.777. The molecule has 3 atom stereocenters. The predicted molar refractivity (Wildman–Crippen MR) is 65.8 cm³/mol. The van der Waals surface area contributed by atoms with E-state index >= 15 is 0 Å².